The van der Waals surface area contributed by atoms with Gasteiger partial charge in [0.15, 0.2) is 11.1 Å². The Labute approximate surface area is 228 Å². The number of rotatable bonds is 9. The van der Waals surface area contributed by atoms with Gasteiger partial charge in [-0.05, 0) is 38.5 Å². The lowest BCUT2D eigenvalue weighted by molar-refractivity contribution is -0.178. The Morgan fingerprint density at radius 2 is 1.27 bits per heavy atom. The summed E-state index contributed by atoms with van der Waals surface area (Å²) in [5.74, 6) is -0.997. The molecule has 0 bridgehead atoms. The molecular formula is C25H40Cl2N4O6. The molecule has 10 nitrogen and oxygen atoms in total. The molecule has 0 aromatic heterocycles. The average molecular weight is 564 g/mol. The van der Waals surface area contributed by atoms with Crippen molar-refractivity contribution in [3.8, 4) is 0 Å². The zero-order chi connectivity index (χ0) is 28.0. The molecule has 4 aliphatic rings. The summed E-state index contributed by atoms with van der Waals surface area (Å²) in [4.78, 5) is 50.1. The largest absolute Gasteiger partial charge is 0.390 e. The number of likely N-dealkylation sites (tertiary alicyclic amines) is 1. The molecule has 4 fully saturated rings. The minimum atomic E-state index is -1.15. The Morgan fingerprint density at radius 3 is 1.73 bits per heavy atom. The van der Waals surface area contributed by atoms with Gasteiger partial charge in [-0.1, -0.05) is 27.7 Å². The summed E-state index contributed by atoms with van der Waals surface area (Å²) in [5.41, 5.74) is -2.28. The van der Waals surface area contributed by atoms with Crippen molar-refractivity contribution in [3.63, 3.8) is 0 Å². The molecule has 12 heteroatoms. The molecule has 0 spiro atoms. The van der Waals surface area contributed by atoms with Crippen molar-refractivity contribution in [2.75, 3.05) is 11.8 Å². The first kappa shape index (κ1) is 29.9. The molecule has 0 radical (unpaired) electrons. The van der Waals surface area contributed by atoms with Crippen LogP contribution >= 0.6 is 23.2 Å². The summed E-state index contributed by atoms with van der Waals surface area (Å²) in [6.07, 6.45) is -0.726. The second-order valence-electron chi connectivity index (χ2n) is 11.5. The smallest absolute Gasteiger partial charge is 0.253 e. The van der Waals surface area contributed by atoms with E-state index in [0.29, 0.717) is 24.6 Å². The number of aliphatic hydroxyl groups excluding tert-OH is 2. The predicted molar refractivity (Wildman–Crippen MR) is 139 cm³/mol. The Hall–Kier alpha value is -1.62. The molecule has 4 heterocycles. The topological polar surface area (TPSA) is 148 Å². The first-order valence-corrected chi connectivity index (χ1v) is 14.1. The number of hydrogen-bond acceptors (Lipinski definition) is 6. The highest BCUT2D eigenvalue weighted by molar-refractivity contribution is 6.18. The van der Waals surface area contributed by atoms with Crippen LogP contribution in [0.5, 0.6) is 0 Å². The van der Waals surface area contributed by atoms with Gasteiger partial charge in [0, 0.05) is 17.8 Å². The highest BCUT2D eigenvalue weighted by atomic mass is 35.5. The quantitative estimate of drug-likeness (QED) is 0.202. The summed E-state index contributed by atoms with van der Waals surface area (Å²) in [7, 11) is 0. The predicted octanol–water partition coefficient (Wildman–Crippen LogP) is 0.352. The van der Waals surface area contributed by atoms with Gasteiger partial charge in [0.05, 0.1) is 36.1 Å². The Morgan fingerprint density at radius 1 is 0.811 bits per heavy atom. The van der Waals surface area contributed by atoms with Gasteiger partial charge < -0.3 is 31.1 Å². The van der Waals surface area contributed by atoms with Gasteiger partial charge in [-0.2, -0.15) is 0 Å². The summed E-state index contributed by atoms with van der Waals surface area (Å²) in [5, 5.41) is 28.8. The molecule has 4 aliphatic heterocycles. The molecule has 0 aromatic rings. The van der Waals surface area contributed by atoms with Crippen LogP contribution < -0.4 is 16.0 Å². The van der Waals surface area contributed by atoms with Crippen molar-refractivity contribution in [3.05, 3.63) is 0 Å². The van der Waals surface area contributed by atoms with E-state index in [9.17, 15) is 29.4 Å². The van der Waals surface area contributed by atoms with E-state index in [1.165, 1.54) is 0 Å². The number of alkyl halides is 2. The van der Waals surface area contributed by atoms with Gasteiger partial charge >= 0.3 is 0 Å². The number of amides is 4. The molecule has 37 heavy (non-hydrogen) atoms. The third kappa shape index (κ3) is 4.41. The number of hydrogen-bond donors (Lipinski definition) is 5. The number of fused-ring (bicyclic) bond motifs is 2. The molecule has 8 atom stereocenters. The second kappa shape index (κ2) is 10.9. The second-order valence-corrected chi connectivity index (χ2v) is 12.2. The van der Waals surface area contributed by atoms with Gasteiger partial charge in [-0.25, -0.2) is 0 Å². The molecular weight excluding hydrogens is 523 g/mol. The Bertz CT molecular complexity index is 933. The number of nitrogens with zero attached hydrogens (tertiary/aromatic N) is 1. The lowest BCUT2D eigenvalue weighted by Crippen LogP contribution is -2.82. The number of halogens is 2. The van der Waals surface area contributed by atoms with E-state index in [2.05, 4.69) is 16.0 Å². The first-order chi connectivity index (χ1) is 17.2. The van der Waals surface area contributed by atoms with Crippen LogP contribution in [0.15, 0.2) is 0 Å². The highest BCUT2D eigenvalue weighted by Gasteiger charge is 2.73. The molecule has 4 saturated heterocycles. The van der Waals surface area contributed by atoms with Crippen LogP contribution in [0.3, 0.4) is 0 Å². The van der Waals surface area contributed by atoms with E-state index in [1.54, 1.807) is 4.90 Å². The van der Waals surface area contributed by atoms with Gasteiger partial charge in [-0.15, -0.1) is 23.2 Å². The molecule has 5 N–H and O–H groups in total. The van der Waals surface area contributed by atoms with Crippen LogP contribution in [0.4, 0.5) is 0 Å². The van der Waals surface area contributed by atoms with Crippen molar-refractivity contribution < 1.29 is 29.4 Å². The summed E-state index contributed by atoms with van der Waals surface area (Å²) >= 11 is 11.4. The number of carbonyl (C=O) groups is 4. The standard InChI is InChI=1S/C14H23ClN2O3.C11H17ClN2O3/c1-7(2)11(18)14-10(17(8(3)4)13(14)20)9(5-6-15)12(19)16-14;1-5(2)8(15)11-7(13-10(11)17)6(3-4-12)9(16)14-11/h7-11,18H,5-6H2,1-4H3,(H,16,19);5-8,15H,3-4H2,1-2H3,(H,13,17)(H,14,16)/t9-,10+,11+,14+;6-,7+,8+,11+/m11/s1. The molecule has 0 aliphatic carbocycles. The van der Waals surface area contributed by atoms with Crippen molar-refractivity contribution in [2.24, 2.45) is 23.7 Å². The maximum Gasteiger partial charge on any atom is 0.253 e. The third-order valence-corrected chi connectivity index (χ3v) is 8.65. The fourth-order valence-corrected chi connectivity index (χ4v) is 6.80. The van der Waals surface area contributed by atoms with Gasteiger partial charge in [0.2, 0.25) is 11.8 Å². The minimum Gasteiger partial charge on any atom is -0.390 e. The Balaban J connectivity index is 0.000000208. The summed E-state index contributed by atoms with van der Waals surface area (Å²) < 4.78 is 0. The third-order valence-electron chi connectivity index (χ3n) is 8.22. The van der Waals surface area contributed by atoms with Crippen molar-refractivity contribution in [2.45, 2.75) is 95.8 Å². The minimum absolute atomic E-state index is 0.00510. The molecule has 0 aromatic carbocycles. The van der Waals surface area contributed by atoms with Crippen LogP contribution in [0.2, 0.25) is 0 Å². The van der Waals surface area contributed by atoms with Crippen LogP contribution in [-0.2, 0) is 19.2 Å². The van der Waals surface area contributed by atoms with E-state index < -0.39 is 23.3 Å². The lowest BCUT2D eigenvalue weighted by Gasteiger charge is -2.57. The van der Waals surface area contributed by atoms with Crippen LogP contribution in [0.25, 0.3) is 0 Å². The van der Waals surface area contributed by atoms with Crippen molar-refractivity contribution >= 4 is 46.8 Å². The first-order valence-electron chi connectivity index (χ1n) is 13.0. The fourth-order valence-electron chi connectivity index (χ4n) is 6.33. The zero-order valence-electron chi connectivity index (χ0n) is 22.3. The van der Waals surface area contributed by atoms with Crippen LogP contribution in [0, 0.1) is 23.7 Å². The maximum atomic E-state index is 12.6. The number of aliphatic hydroxyl groups is 2. The summed E-state index contributed by atoms with van der Waals surface area (Å²) in [6, 6.07) is -0.622. The van der Waals surface area contributed by atoms with Crippen LogP contribution in [-0.4, -0.2) is 91.9 Å². The van der Waals surface area contributed by atoms with Gasteiger partial charge in [0.25, 0.3) is 11.8 Å². The number of β-lactam (4-membered cyclic amide) rings is 2. The molecule has 0 saturated carbocycles. The van der Waals surface area contributed by atoms with E-state index in [-0.39, 0.29) is 65.4 Å². The number of carbonyl (C=O) groups excluding carboxylic acids is 4. The van der Waals surface area contributed by atoms with E-state index in [1.807, 2.05) is 41.5 Å². The normalized spacial score (nSPS) is 35.6. The van der Waals surface area contributed by atoms with Crippen molar-refractivity contribution in [1.82, 2.24) is 20.9 Å². The lowest BCUT2D eigenvalue weighted by atomic mass is 9.68. The highest BCUT2D eigenvalue weighted by Crippen LogP contribution is 2.47. The molecule has 210 valence electrons. The van der Waals surface area contributed by atoms with E-state index >= 15 is 0 Å². The average Bonchev–Trinajstić information content (AvgIpc) is 3.20. The van der Waals surface area contributed by atoms with Gasteiger partial charge in [-0.3, -0.25) is 19.2 Å². The maximum absolute atomic E-state index is 12.6. The molecule has 0 unspecified atom stereocenters. The fraction of sp³-hybridized carbons (Fsp3) is 0.840. The van der Waals surface area contributed by atoms with Crippen molar-refractivity contribution in [1.29, 1.82) is 0 Å². The SMILES string of the molecule is CC(C)[C@H](O)[C@@]12NC(=O)[C@H](CCCl)[C@@H]1N(C(C)C)C2=O.CC(C)[C@H](O)[C@@]12NC(=O)[C@H](CCCl)[C@@H]1NC2=O. The zero-order valence-corrected chi connectivity index (χ0v) is 23.8. The monoisotopic (exact) mass is 562 g/mol. The number of nitrogens with one attached hydrogen (secondary N) is 3. The summed E-state index contributed by atoms with van der Waals surface area (Å²) in [6.45, 7) is 11.2. The van der Waals surface area contributed by atoms with E-state index in [4.69, 9.17) is 23.2 Å². The Kier molecular flexibility index (Phi) is 8.79. The van der Waals surface area contributed by atoms with Gasteiger partial charge in [0.1, 0.15) is 0 Å². The van der Waals surface area contributed by atoms with E-state index in [0.717, 1.165) is 0 Å². The molecule has 4 amide bonds. The molecule has 4 rings (SSSR count). The van der Waals surface area contributed by atoms with Crippen LogP contribution in [0.1, 0.15) is 54.4 Å².